The van der Waals surface area contributed by atoms with Crippen LogP contribution in [0, 0.1) is 17.7 Å². The molecule has 0 saturated carbocycles. The van der Waals surface area contributed by atoms with Gasteiger partial charge in [0.15, 0.2) is 0 Å². The van der Waals surface area contributed by atoms with Crippen LogP contribution in [-0.2, 0) is 6.54 Å². The van der Waals surface area contributed by atoms with Crippen molar-refractivity contribution in [2.45, 2.75) is 19.4 Å². The fraction of sp³-hybridized carbons (Fsp3) is 0.167. The molecule has 0 spiro atoms. The van der Waals surface area contributed by atoms with E-state index >= 15 is 0 Å². The SMILES string of the molecule is CC1C#CC=Cc2cc(CN)c(-c3ccccc3F)nc21. The average molecular weight is 278 g/mol. The first-order chi connectivity index (χ1) is 10.2. The van der Waals surface area contributed by atoms with E-state index in [1.54, 1.807) is 18.2 Å². The zero-order chi connectivity index (χ0) is 14.8. The van der Waals surface area contributed by atoms with E-state index in [0.717, 1.165) is 16.8 Å². The van der Waals surface area contributed by atoms with Gasteiger partial charge in [-0.15, -0.1) is 0 Å². The molecule has 1 aliphatic rings. The highest BCUT2D eigenvalue weighted by molar-refractivity contribution is 5.69. The van der Waals surface area contributed by atoms with Crippen molar-refractivity contribution in [3.8, 4) is 23.1 Å². The van der Waals surface area contributed by atoms with E-state index in [9.17, 15) is 4.39 Å². The second-order valence-corrected chi connectivity index (χ2v) is 5.00. The number of nitrogens with two attached hydrogens (primary N) is 1. The van der Waals surface area contributed by atoms with Gasteiger partial charge in [-0.3, -0.25) is 4.98 Å². The van der Waals surface area contributed by atoms with E-state index in [-0.39, 0.29) is 11.7 Å². The molecular weight excluding hydrogens is 263 g/mol. The molecule has 104 valence electrons. The molecule has 1 unspecified atom stereocenters. The number of pyridine rings is 1. The summed E-state index contributed by atoms with van der Waals surface area (Å²) in [5.74, 6) is 5.80. The van der Waals surface area contributed by atoms with Crippen molar-refractivity contribution in [1.82, 2.24) is 4.98 Å². The number of hydrogen-bond acceptors (Lipinski definition) is 2. The van der Waals surface area contributed by atoms with Gasteiger partial charge in [-0.05, 0) is 48.4 Å². The molecule has 1 aromatic carbocycles. The predicted molar refractivity (Wildman–Crippen MR) is 82.7 cm³/mol. The molecule has 0 bridgehead atoms. The van der Waals surface area contributed by atoms with Gasteiger partial charge in [-0.2, -0.15) is 0 Å². The minimum Gasteiger partial charge on any atom is -0.326 e. The van der Waals surface area contributed by atoms with Crippen molar-refractivity contribution < 1.29 is 4.39 Å². The van der Waals surface area contributed by atoms with E-state index in [2.05, 4.69) is 16.8 Å². The predicted octanol–water partition coefficient (Wildman–Crippen LogP) is 3.48. The molecule has 0 radical (unpaired) electrons. The molecule has 21 heavy (non-hydrogen) atoms. The number of rotatable bonds is 2. The standard InChI is InChI=1S/C18H15FN2/c1-12-6-2-3-7-13-10-14(11-20)18(21-17(12)13)15-8-4-5-9-16(15)19/h3-5,7-10,12H,11,20H2,1H3. The van der Waals surface area contributed by atoms with Crippen LogP contribution in [0.1, 0.15) is 29.7 Å². The zero-order valence-corrected chi connectivity index (χ0v) is 11.7. The largest absolute Gasteiger partial charge is 0.326 e. The van der Waals surface area contributed by atoms with Crippen LogP contribution in [0.15, 0.2) is 36.4 Å². The molecule has 1 heterocycles. The summed E-state index contributed by atoms with van der Waals surface area (Å²) in [6.07, 6.45) is 3.75. The minimum atomic E-state index is -0.289. The summed E-state index contributed by atoms with van der Waals surface area (Å²) in [5.41, 5.74) is 9.60. The fourth-order valence-electron chi connectivity index (χ4n) is 2.48. The third-order valence-corrected chi connectivity index (χ3v) is 3.57. The number of fused-ring (bicyclic) bond motifs is 1. The highest BCUT2D eigenvalue weighted by atomic mass is 19.1. The van der Waals surface area contributed by atoms with E-state index in [1.165, 1.54) is 6.07 Å². The Morgan fingerprint density at radius 3 is 2.90 bits per heavy atom. The lowest BCUT2D eigenvalue weighted by Crippen LogP contribution is -2.07. The van der Waals surface area contributed by atoms with E-state index < -0.39 is 0 Å². The van der Waals surface area contributed by atoms with Crippen molar-refractivity contribution in [3.05, 3.63) is 59.0 Å². The molecule has 3 heteroatoms. The second kappa shape index (κ2) is 5.51. The Morgan fingerprint density at radius 1 is 1.33 bits per heavy atom. The van der Waals surface area contributed by atoms with Gasteiger partial charge in [0.25, 0.3) is 0 Å². The van der Waals surface area contributed by atoms with Gasteiger partial charge < -0.3 is 5.73 Å². The van der Waals surface area contributed by atoms with Crippen LogP contribution < -0.4 is 5.73 Å². The third-order valence-electron chi connectivity index (χ3n) is 3.57. The number of allylic oxidation sites excluding steroid dienone is 1. The Morgan fingerprint density at radius 2 is 2.14 bits per heavy atom. The van der Waals surface area contributed by atoms with Crippen molar-refractivity contribution in [2.75, 3.05) is 0 Å². The van der Waals surface area contributed by atoms with E-state index in [0.29, 0.717) is 17.8 Å². The van der Waals surface area contributed by atoms with E-state index in [4.69, 9.17) is 5.73 Å². The summed E-state index contributed by atoms with van der Waals surface area (Å²) in [5, 5.41) is 0. The molecule has 2 N–H and O–H groups in total. The number of nitrogens with zero attached hydrogens (tertiary/aromatic N) is 1. The number of hydrogen-bond donors (Lipinski definition) is 1. The number of aromatic nitrogens is 1. The molecule has 0 saturated heterocycles. The van der Waals surface area contributed by atoms with Crippen LogP contribution in [0.3, 0.4) is 0 Å². The Kier molecular flexibility index (Phi) is 3.55. The highest BCUT2D eigenvalue weighted by Gasteiger charge is 2.17. The molecule has 1 atom stereocenters. The lowest BCUT2D eigenvalue weighted by atomic mass is 9.97. The maximum absolute atomic E-state index is 14.1. The van der Waals surface area contributed by atoms with Crippen molar-refractivity contribution in [3.63, 3.8) is 0 Å². The first-order valence-electron chi connectivity index (χ1n) is 6.87. The Bertz CT molecular complexity index is 782. The number of benzene rings is 1. The normalized spacial score (nSPS) is 15.9. The third kappa shape index (κ3) is 2.46. The summed E-state index contributed by atoms with van der Waals surface area (Å²) < 4.78 is 14.1. The van der Waals surface area contributed by atoms with Gasteiger partial charge in [0, 0.05) is 12.1 Å². The van der Waals surface area contributed by atoms with E-state index in [1.807, 2.05) is 25.1 Å². The molecule has 3 rings (SSSR count). The first-order valence-corrected chi connectivity index (χ1v) is 6.87. The highest BCUT2D eigenvalue weighted by Crippen LogP contribution is 2.30. The molecule has 1 aliphatic carbocycles. The number of halogens is 1. The summed E-state index contributed by atoms with van der Waals surface area (Å²) in [6.45, 7) is 2.31. The molecule has 2 nitrogen and oxygen atoms in total. The van der Waals surface area contributed by atoms with Gasteiger partial charge in [0.05, 0.1) is 17.3 Å². The molecule has 0 fully saturated rings. The van der Waals surface area contributed by atoms with Crippen LogP contribution in [0.5, 0.6) is 0 Å². The van der Waals surface area contributed by atoms with Crippen molar-refractivity contribution in [1.29, 1.82) is 0 Å². The van der Waals surface area contributed by atoms with Crippen LogP contribution in [0.25, 0.3) is 17.3 Å². The van der Waals surface area contributed by atoms with Crippen LogP contribution in [0.2, 0.25) is 0 Å². The van der Waals surface area contributed by atoms with Crippen LogP contribution in [0.4, 0.5) is 4.39 Å². The quantitative estimate of drug-likeness (QED) is 0.854. The molecular formula is C18H15FN2. The Balaban J connectivity index is 2.25. The van der Waals surface area contributed by atoms with Gasteiger partial charge >= 0.3 is 0 Å². The van der Waals surface area contributed by atoms with Crippen LogP contribution >= 0.6 is 0 Å². The van der Waals surface area contributed by atoms with Gasteiger partial charge in [-0.1, -0.05) is 24.0 Å². The maximum Gasteiger partial charge on any atom is 0.132 e. The smallest absolute Gasteiger partial charge is 0.132 e. The fourth-order valence-corrected chi connectivity index (χ4v) is 2.48. The zero-order valence-electron chi connectivity index (χ0n) is 11.7. The van der Waals surface area contributed by atoms with Crippen LogP contribution in [-0.4, -0.2) is 4.98 Å². The van der Waals surface area contributed by atoms with Crippen molar-refractivity contribution >= 4 is 6.08 Å². The monoisotopic (exact) mass is 278 g/mol. The Labute approximate surface area is 123 Å². The lowest BCUT2D eigenvalue weighted by molar-refractivity contribution is 0.630. The minimum absolute atomic E-state index is 0.00680. The molecule has 0 amide bonds. The van der Waals surface area contributed by atoms with Crippen molar-refractivity contribution in [2.24, 2.45) is 5.73 Å². The molecule has 1 aromatic heterocycles. The summed E-state index contributed by atoms with van der Waals surface area (Å²) in [4.78, 5) is 4.68. The molecule has 2 aromatic rings. The second-order valence-electron chi connectivity index (χ2n) is 5.00. The molecule has 0 aliphatic heterocycles. The van der Waals surface area contributed by atoms with Gasteiger partial charge in [0.2, 0.25) is 0 Å². The van der Waals surface area contributed by atoms with Gasteiger partial charge in [0.1, 0.15) is 5.82 Å². The topological polar surface area (TPSA) is 38.9 Å². The first kappa shape index (κ1) is 13.5. The lowest BCUT2D eigenvalue weighted by Gasteiger charge is -2.15. The van der Waals surface area contributed by atoms with Gasteiger partial charge in [-0.25, -0.2) is 4.39 Å². The summed E-state index contributed by atoms with van der Waals surface area (Å²) in [6, 6.07) is 8.61. The maximum atomic E-state index is 14.1. The summed E-state index contributed by atoms with van der Waals surface area (Å²) >= 11 is 0. The average Bonchev–Trinajstić information content (AvgIpc) is 2.68. The summed E-state index contributed by atoms with van der Waals surface area (Å²) in [7, 11) is 0. The Hall–Kier alpha value is -2.44.